The van der Waals surface area contributed by atoms with E-state index in [2.05, 4.69) is 20.6 Å². The van der Waals surface area contributed by atoms with Crippen LogP contribution in [0.25, 0.3) is 0 Å². The van der Waals surface area contributed by atoms with Crippen molar-refractivity contribution in [2.75, 3.05) is 57.7 Å². The molecule has 1 aromatic rings. The van der Waals surface area contributed by atoms with Gasteiger partial charge in [0, 0.05) is 39.3 Å². The van der Waals surface area contributed by atoms with Crippen LogP contribution in [0.1, 0.15) is 12.1 Å². The number of aliphatic carboxylic acids is 1. The van der Waals surface area contributed by atoms with Gasteiger partial charge in [0.05, 0.1) is 38.0 Å². The third-order valence-corrected chi connectivity index (χ3v) is 5.87. The number of piperazine rings is 1. The SMILES string of the molecule is O=C(O)CCN1CCN(CC(=O)NC[C@H]2OC[C@H](Nc3cncc(C(F)(F)F)n3)[C@@H](O)[C@H]2O)CC1. The van der Waals surface area contributed by atoms with E-state index < -0.39 is 42.2 Å². The van der Waals surface area contributed by atoms with Crippen LogP contribution in [0.5, 0.6) is 0 Å². The van der Waals surface area contributed by atoms with Crippen molar-refractivity contribution in [2.24, 2.45) is 0 Å². The van der Waals surface area contributed by atoms with Crippen molar-refractivity contribution < 1.29 is 42.8 Å². The van der Waals surface area contributed by atoms with E-state index in [-0.39, 0.29) is 37.8 Å². The summed E-state index contributed by atoms with van der Waals surface area (Å²) in [5, 5.41) is 34.8. The summed E-state index contributed by atoms with van der Waals surface area (Å²) in [6.45, 7) is 2.91. The predicted octanol–water partition coefficient (Wildman–Crippen LogP) is -1.39. The Balaban J connectivity index is 1.40. The van der Waals surface area contributed by atoms with Gasteiger partial charge in [0.2, 0.25) is 5.91 Å². The van der Waals surface area contributed by atoms with Gasteiger partial charge in [-0.1, -0.05) is 0 Å². The molecular formula is C20H29F3N6O6. The quantitative estimate of drug-likeness (QED) is 0.268. The molecule has 2 saturated heterocycles. The molecule has 0 bridgehead atoms. The Bertz CT molecular complexity index is 870. The maximum atomic E-state index is 12.8. The van der Waals surface area contributed by atoms with Crippen molar-refractivity contribution in [3.05, 3.63) is 18.1 Å². The number of halogens is 3. The van der Waals surface area contributed by atoms with Gasteiger partial charge in [-0.25, -0.2) is 4.98 Å². The number of carboxylic acid groups (broad SMARTS) is 1. The van der Waals surface area contributed by atoms with Gasteiger partial charge in [-0.15, -0.1) is 0 Å². The fourth-order valence-corrected chi connectivity index (χ4v) is 3.85. The maximum absolute atomic E-state index is 12.8. The molecule has 35 heavy (non-hydrogen) atoms. The lowest BCUT2D eigenvalue weighted by atomic mass is 9.98. The summed E-state index contributed by atoms with van der Waals surface area (Å²) in [4.78, 5) is 33.8. The zero-order valence-corrected chi connectivity index (χ0v) is 18.8. The van der Waals surface area contributed by atoms with Crippen LogP contribution in [-0.2, 0) is 20.5 Å². The van der Waals surface area contributed by atoms with Gasteiger partial charge in [0.25, 0.3) is 0 Å². The second-order valence-electron chi connectivity index (χ2n) is 8.46. The van der Waals surface area contributed by atoms with Gasteiger partial charge >= 0.3 is 12.1 Å². The van der Waals surface area contributed by atoms with Gasteiger partial charge in [0.15, 0.2) is 5.69 Å². The smallest absolute Gasteiger partial charge is 0.434 e. The van der Waals surface area contributed by atoms with Crippen LogP contribution in [-0.4, -0.2) is 124 Å². The number of anilines is 1. The number of carbonyl (C=O) groups is 2. The minimum absolute atomic E-state index is 0.0638. The van der Waals surface area contributed by atoms with E-state index in [0.29, 0.717) is 38.9 Å². The molecular weight excluding hydrogens is 477 g/mol. The van der Waals surface area contributed by atoms with Crippen LogP contribution in [0.15, 0.2) is 12.4 Å². The summed E-state index contributed by atoms with van der Waals surface area (Å²) in [5.74, 6) is -1.38. The maximum Gasteiger partial charge on any atom is 0.434 e. The van der Waals surface area contributed by atoms with Gasteiger partial charge in [-0.3, -0.25) is 19.5 Å². The molecule has 1 aromatic heterocycles. The number of nitrogens with one attached hydrogen (secondary N) is 2. The molecule has 15 heteroatoms. The van der Waals surface area contributed by atoms with Crippen LogP contribution in [0, 0.1) is 0 Å². The standard InChI is InChI=1S/C20H29F3N6O6/c21-20(22,23)14-8-24-9-15(27-14)26-12-11-35-13(19(34)18(12)33)7-25-16(30)10-29-5-3-28(4-6-29)2-1-17(31)32/h8-9,12-13,18-19,33-34H,1-7,10-11H2,(H,25,30)(H,26,27)(H,31,32)/t12-,13+,18+,19-/m0/s1. The van der Waals surface area contributed by atoms with Gasteiger partial charge in [-0.05, 0) is 0 Å². The number of hydrogen-bond acceptors (Lipinski definition) is 10. The molecule has 0 aliphatic carbocycles. The molecule has 1 amide bonds. The Morgan fingerprint density at radius 3 is 2.46 bits per heavy atom. The molecule has 3 rings (SSSR count). The molecule has 0 radical (unpaired) electrons. The number of alkyl halides is 3. The fraction of sp³-hybridized carbons (Fsp3) is 0.700. The number of carboxylic acids is 1. The molecule has 196 valence electrons. The fourth-order valence-electron chi connectivity index (χ4n) is 3.85. The molecule has 2 aliphatic rings. The first-order valence-corrected chi connectivity index (χ1v) is 11.1. The van der Waals surface area contributed by atoms with Crippen LogP contribution in [0.4, 0.5) is 19.0 Å². The van der Waals surface area contributed by atoms with Gasteiger partial charge < -0.3 is 35.6 Å². The van der Waals surface area contributed by atoms with E-state index in [0.717, 1.165) is 6.20 Å². The van der Waals surface area contributed by atoms with Crippen molar-refractivity contribution >= 4 is 17.7 Å². The van der Waals surface area contributed by atoms with Crippen molar-refractivity contribution in [3.63, 3.8) is 0 Å². The topological polar surface area (TPSA) is 160 Å². The highest BCUT2D eigenvalue weighted by atomic mass is 19.4. The van der Waals surface area contributed by atoms with Crippen LogP contribution < -0.4 is 10.6 Å². The molecule has 3 heterocycles. The highest BCUT2D eigenvalue weighted by molar-refractivity contribution is 5.78. The Labute approximate surface area is 199 Å². The zero-order valence-electron chi connectivity index (χ0n) is 18.8. The average molecular weight is 506 g/mol. The summed E-state index contributed by atoms with van der Waals surface area (Å²) in [6.07, 6.45) is -6.67. The lowest BCUT2D eigenvalue weighted by molar-refractivity contribution is -0.143. The van der Waals surface area contributed by atoms with Crippen molar-refractivity contribution in [1.29, 1.82) is 0 Å². The van der Waals surface area contributed by atoms with E-state index in [1.165, 1.54) is 0 Å². The van der Waals surface area contributed by atoms with E-state index >= 15 is 0 Å². The highest BCUT2D eigenvalue weighted by Crippen LogP contribution is 2.28. The van der Waals surface area contributed by atoms with Gasteiger partial charge in [0.1, 0.15) is 24.1 Å². The first kappa shape index (κ1) is 27.0. The van der Waals surface area contributed by atoms with E-state index in [1.807, 2.05) is 9.80 Å². The van der Waals surface area contributed by atoms with Crippen molar-refractivity contribution in [1.82, 2.24) is 25.1 Å². The minimum atomic E-state index is -4.68. The summed E-state index contributed by atoms with van der Waals surface area (Å²) < 4.78 is 43.9. The molecule has 0 unspecified atom stereocenters. The summed E-state index contributed by atoms with van der Waals surface area (Å²) in [5.41, 5.74) is -1.20. The number of hydrogen-bond donors (Lipinski definition) is 5. The number of amides is 1. The Kier molecular flexibility index (Phi) is 9.18. The van der Waals surface area contributed by atoms with E-state index in [4.69, 9.17) is 9.84 Å². The summed E-state index contributed by atoms with van der Waals surface area (Å²) in [7, 11) is 0. The minimum Gasteiger partial charge on any atom is -0.481 e. The first-order valence-electron chi connectivity index (χ1n) is 11.1. The van der Waals surface area contributed by atoms with Crippen LogP contribution in [0.3, 0.4) is 0 Å². The van der Waals surface area contributed by atoms with E-state index in [9.17, 15) is 33.0 Å². The molecule has 2 aliphatic heterocycles. The van der Waals surface area contributed by atoms with Crippen LogP contribution in [0.2, 0.25) is 0 Å². The largest absolute Gasteiger partial charge is 0.481 e. The number of carbonyl (C=O) groups excluding carboxylic acids is 1. The first-order chi connectivity index (χ1) is 16.5. The second kappa shape index (κ2) is 11.9. The highest BCUT2D eigenvalue weighted by Gasteiger charge is 2.39. The van der Waals surface area contributed by atoms with Gasteiger partial charge in [-0.2, -0.15) is 13.2 Å². The molecule has 4 atom stereocenters. The molecule has 0 spiro atoms. The molecule has 2 fully saturated rings. The number of rotatable bonds is 9. The molecule has 12 nitrogen and oxygen atoms in total. The van der Waals surface area contributed by atoms with Crippen molar-refractivity contribution in [2.45, 2.75) is 37.0 Å². The van der Waals surface area contributed by atoms with E-state index in [1.54, 1.807) is 0 Å². The Morgan fingerprint density at radius 2 is 1.80 bits per heavy atom. The van der Waals surface area contributed by atoms with Crippen molar-refractivity contribution in [3.8, 4) is 0 Å². The lowest BCUT2D eigenvalue weighted by Crippen LogP contribution is -2.58. The Morgan fingerprint density at radius 1 is 1.11 bits per heavy atom. The number of nitrogens with zero attached hydrogens (tertiary/aromatic N) is 4. The predicted molar refractivity (Wildman–Crippen MR) is 114 cm³/mol. The average Bonchev–Trinajstić information content (AvgIpc) is 2.81. The molecule has 0 saturated carbocycles. The monoisotopic (exact) mass is 506 g/mol. The second-order valence-corrected chi connectivity index (χ2v) is 8.46. The Hall–Kier alpha value is -2.59. The third kappa shape index (κ3) is 7.96. The number of ether oxygens (including phenoxy) is 1. The molecule has 5 N–H and O–H groups in total. The number of aromatic nitrogens is 2. The third-order valence-electron chi connectivity index (χ3n) is 5.87. The summed E-state index contributed by atoms with van der Waals surface area (Å²) in [6, 6.07) is -0.938. The lowest BCUT2D eigenvalue weighted by Gasteiger charge is -2.38. The molecule has 0 aromatic carbocycles. The summed E-state index contributed by atoms with van der Waals surface area (Å²) >= 11 is 0. The number of aliphatic hydroxyl groups excluding tert-OH is 2. The van der Waals surface area contributed by atoms with Crippen LogP contribution >= 0.6 is 0 Å². The normalized spacial score (nSPS) is 26.3. The number of aliphatic hydroxyl groups is 2. The zero-order chi connectivity index (χ0) is 25.6.